The smallest absolute Gasteiger partial charge is 0.161 e. The molecular weight excluding hydrogens is 262 g/mol. The number of ether oxygens (including phenoxy) is 2. The van der Waals surface area contributed by atoms with Crippen molar-refractivity contribution in [2.75, 3.05) is 13.2 Å². The Kier molecular flexibility index (Phi) is 6.76. The van der Waals surface area contributed by atoms with E-state index in [0.717, 1.165) is 18.0 Å². The van der Waals surface area contributed by atoms with Crippen LogP contribution in [0.15, 0.2) is 29.8 Å². The third kappa shape index (κ3) is 7.19. The summed E-state index contributed by atoms with van der Waals surface area (Å²) in [4.78, 5) is 0. The number of hydrogen-bond donors (Lipinski definition) is 1. The Morgan fingerprint density at radius 3 is 2.43 bits per heavy atom. The van der Waals surface area contributed by atoms with E-state index in [1.807, 2.05) is 13.0 Å². The van der Waals surface area contributed by atoms with Crippen molar-refractivity contribution < 1.29 is 9.47 Å². The normalized spacial score (nSPS) is 11.1. The van der Waals surface area contributed by atoms with E-state index in [1.54, 1.807) is 0 Å². The zero-order valence-electron chi connectivity index (χ0n) is 14.2. The fourth-order valence-electron chi connectivity index (χ4n) is 1.72. The second-order valence-corrected chi connectivity index (χ2v) is 6.41. The molecule has 1 aromatic carbocycles. The van der Waals surface area contributed by atoms with E-state index in [1.165, 1.54) is 11.1 Å². The van der Waals surface area contributed by atoms with Gasteiger partial charge in [-0.2, -0.15) is 0 Å². The van der Waals surface area contributed by atoms with Crippen LogP contribution in [0.25, 0.3) is 0 Å². The molecule has 0 unspecified atom stereocenters. The molecule has 0 aliphatic carbocycles. The molecule has 3 nitrogen and oxygen atoms in total. The quantitative estimate of drug-likeness (QED) is 0.759. The summed E-state index contributed by atoms with van der Waals surface area (Å²) < 4.78 is 11.5. The first kappa shape index (κ1) is 17.6. The molecule has 1 rings (SSSR count). The van der Waals surface area contributed by atoms with Crippen molar-refractivity contribution in [3.05, 3.63) is 35.4 Å². The largest absolute Gasteiger partial charge is 0.490 e. The number of benzene rings is 1. The fraction of sp³-hybridized carbons (Fsp3) is 0.556. The highest BCUT2D eigenvalue weighted by molar-refractivity contribution is 5.43. The molecule has 0 aliphatic rings. The van der Waals surface area contributed by atoms with E-state index in [9.17, 15) is 0 Å². The van der Waals surface area contributed by atoms with Gasteiger partial charge >= 0.3 is 0 Å². The van der Waals surface area contributed by atoms with Crippen LogP contribution in [0.3, 0.4) is 0 Å². The van der Waals surface area contributed by atoms with Crippen LogP contribution in [0.4, 0.5) is 0 Å². The number of rotatable bonds is 7. The molecule has 0 saturated heterocycles. The maximum atomic E-state index is 5.78. The molecular formula is C18H29NO2. The van der Waals surface area contributed by atoms with Crippen LogP contribution < -0.4 is 14.8 Å². The monoisotopic (exact) mass is 291 g/mol. The predicted molar refractivity (Wildman–Crippen MR) is 89.1 cm³/mol. The summed E-state index contributed by atoms with van der Waals surface area (Å²) in [7, 11) is 0. The van der Waals surface area contributed by atoms with Gasteiger partial charge in [-0.25, -0.2) is 0 Å². The standard InChI is InChI=1S/C18H29NO2/c1-7-20-17-12-15(13-19-18(4,5)6)8-9-16(17)21-11-10-14(2)3/h8-10,12,19H,7,11,13H2,1-6H3. The van der Waals surface area contributed by atoms with Crippen LogP contribution in [0.1, 0.15) is 47.1 Å². The molecule has 3 heteroatoms. The van der Waals surface area contributed by atoms with Crippen molar-refractivity contribution in [2.45, 2.75) is 53.6 Å². The molecule has 118 valence electrons. The highest BCUT2D eigenvalue weighted by atomic mass is 16.5. The van der Waals surface area contributed by atoms with Crippen LogP contribution in [0, 0.1) is 0 Å². The average Bonchev–Trinajstić information content (AvgIpc) is 2.37. The molecule has 1 N–H and O–H groups in total. The molecule has 0 aromatic heterocycles. The van der Waals surface area contributed by atoms with Gasteiger partial charge in [-0.05, 0) is 65.3 Å². The Morgan fingerprint density at radius 1 is 1.14 bits per heavy atom. The average molecular weight is 291 g/mol. The van der Waals surface area contributed by atoms with Crippen LogP contribution in [-0.4, -0.2) is 18.8 Å². The van der Waals surface area contributed by atoms with Crippen LogP contribution in [-0.2, 0) is 6.54 Å². The van der Waals surface area contributed by atoms with Gasteiger partial charge in [0.15, 0.2) is 11.5 Å². The van der Waals surface area contributed by atoms with Crippen molar-refractivity contribution in [1.29, 1.82) is 0 Å². The summed E-state index contributed by atoms with van der Waals surface area (Å²) in [5, 5.41) is 3.48. The van der Waals surface area contributed by atoms with Crippen LogP contribution >= 0.6 is 0 Å². The minimum atomic E-state index is 0.102. The minimum absolute atomic E-state index is 0.102. The summed E-state index contributed by atoms with van der Waals surface area (Å²) in [5.41, 5.74) is 2.55. The second-order valence-electron chi connectivity index (χ2n) is 6.41. The second kappa shape index (κ2) is 8.08. The Morgan fingerprint density at radius 2 is 1.86 bits per heavy atom. The highest BCUT2D eigenvalue weighted by Gasteiger charge is 2.10. The Bertz CT molecular complexity index is 469. The Balaban J connectivity index is 2.78. The number of hydrogen-bond acceptors (Lipinski definition) is 3. The zero-order valence-corrected chi connectivity index (χ0v) is 14.2. The lowest BCUT2D eigenvalue weighted by Crippen LogP contribution is -2.35. The summed E-state index contributed by atoms with van der Waals surface area (Å²) in [6.07, 6.45) is 2.06. The van der Waals surface area contributed by atoms with E-state index in [2.05, 4.69) is 58.1 Å². The molecule has 1 aromatic rings. The topological polar surface area (TPSA) is 30.5 Å². The van der Waals surface area contributed by atoms with Gasteiger partial charge in [-0.1, -0.05) is 11.6 Å². The lowest BCUT2D eigenvalue weighted by Gasteiger charge is -2.21. The molecule has 0 spiro atoms. The van der Waals surface area contributed by atoms with E-state index in [0.29, 0.717) is 13.2 Å². The van der Waals surface area contributed by atoms with Gasteiger partial charge in [0, 0.05) is 12.1 Å². The number of nitrogens with one attached hydrogen (secondary N) is 1. The maximum absolute atomic E-state index is 5.78. The van der Waals surface area contributed by atoms with Crippen molar-refractivity contribution >= 4 is 0 Å². The molecule has 0 heterocycles. The van der Waals surface area contributed by atoms with Crippen molar-refractivity contribution in [2.24, 2.45) is 0 Å². The summed E-state index contributed by atoms with van der Waals surface area (Å²) >= 11 is 0. The first-order chi connectivity index (χ1) is 9.81. The fourth-order valence-corrected chi connectivity index (χ4v) is 1.72. The zero-order chi connectivity index (χ0) is 15.9. The van der Waals surface area contributed by atoms with Gasteiger partial charge in [0.25, 0.3) is 0 Å². The lowest BCUT2D eigenvalue weighted by molar-refractivity contribution is 0.296. The van der Waals surface area contributed by atoms with Gasteiger partial charge in [0.1, 0.15) is 6.61 Å². The van der Waals surface area contributed by atoms with Crippen LogP contribution in [0.2, 0.25) is 0 Å². The van der Waals surface area contributed by atoms with Gasteiger partial charge < -0.3 is 14.8 Å². The molecule has 0 aliphatic heterocycles. The van der Waals surface area contributed by atoms with Gasteiger partial charge in [-0.3, -0.25) is 0 Å². The first-order valence-electron chi connectivity index (χ1n) is 7.58. The summed E-state index contributed by atoms with van der Waals surface area (Å²) in [6, 6.07) is 6.13. The van der Waals surface area contributed by atoms with Gasteiger partial charge in [-0.15, -0.1) is 0 Å². The van der Waals surface area contributed by atoms with Crippen molar-refractivity contribution in [1.82, 2.24) is 5.32 Å². The molecule has 0 bridgehead atoms. The van der Waals surface area contributed by atoms with Gasteiger partial charge in [0.05, 0.1) is 6.61 Å². The lowest BCUT2D eigenvalue weighted by atomic mass is 10.1. The van der Waals surface area contributed by atoms with E-state index in [4.69, 9.17) is 9.47 Å². The first-order valence-corrected chi connectivity index (χ1v) is 7.58. The SMILES string of the molecule is CCOc1cc(CNC(C)(C)C)ccc1OCC=C(C)C. The van der Waals surface area contributed by atoms with E-state index < -0.39 is 0 Å². The molecule has 0 amide bonds. The van der Waals surface area contributed by atoms with Gasteiger partial charge in [0.2, 0.25) is 0 Å². The minimum Gasteiger partial charge on any atom is -0.490 e. The molecule has 0 atom stereocenters. The van der Waals surface area contributed by atoms with E-state index in [-0.39, 0.29) is 5.54 Å². The highest BCUT2D eigenvalue weighted by Crippen LogP contribution is 2.28. The molecule has 21 heavy (non-hydrogen) atoms. The third-order valence-corrected chi connectivity index (χ3v) is 2.86. The third-order valence-electron chi connectivity index (χ3n) is 2.86. The van der Waals surface area contributed by atoms with Crippen LogP contribution in [0.5, 0.6) is 11.5 Å². The Labute approximate surface area is 129 Å². The van der Waals surface area contributed by atoms with Crippen molar-refractivity contribution in [3.8, 4) is 11.5 Å². The number of allylic oxidation sites excluding steroid dienone is 1. The summed E-state index contributed by atoms with van der Waals surface area (Å²) in [6.45, 7) is 14.6. The summed E-state index contributed by atoms with van der Waals surface area (Å²) in [5.74, 6) is 1.61. The maximum Gasteiger partial charge on any atom is 0.161 e. The molecule has 0 radical (unpaired) electrons. The Hall–Kier alpha value is -1.48. The molecule has 0 fully saturated rings. The van der Waals surface area contributed by atoms with Crippen molar-refractivity contribution in [3.63, 3.8) is 0 Å². The molecule has 0 saturated carbocycles. The predicted octanol–water partition coefficient (Wildman–Crippen LogP) is 4.32. The van der Waals surface area contributed by atoms with E-state index >= 15 is 0 Å².